The Bertz CT molecular complexity index is 474. The molecule has 0 saturated carbocycles. The van der Waals surface area contributed by atoms with Gasteiger partial charge in [0.2, 0.25) is 0 Å². The van der Waals surface area contributed by atoms with Crippen LogP contribution in [-0.2, 0) is 0 Å². The van der Waals surface area contributed by atoms with Crippen molar-refractivity contribution in [2.24, 2.45) is 0 Å². The Morgan fingerprint density at radius 2 is 2.20 bits per heavy atom. The molecular formula is C11H9IN2S. The Labute approximate surface area is 107 Å². The minimum absolute atomic E-state index is 1.01. The fourth-order valence-corrected chi connectivity index (χ4v) is 2.66. The first-order valence-electron chi connectivity index (χ1n) is 4.46. The van der Waals surface area contributed by atoms with E-state index in [1.165, 1.54) is 10.5 Å². The van der Waals surface area contributed by atoms with Crippen molar-refractivity contribution in [1.29, 1.82) is 0 Å². The second kappa shape index (κ2) is 4.94. The van der Waals surface area contributed by atoms with Crippen LogP contribution in [0.25, 0.3) is 0 Å². The molecule has 2 nitrogen and oxygen atoms in total. The van der Waals surface area contributed by atoms with E-state index in [0.717, 1.165) is 8.60 Å². The molecule has 0 saturated heterocycles. The summed E-state index contributed by atoms with van der Waals surface area (Å²) in [6.07, 6.45) is 3.41. The number of aryl methyl sites for hydroxylation is 1. The van der Waals surface area contributed by atoms with Gasteiger partial charge >= 0.3 is 0 Å². The Balaban J connectivity index is 2.26. The molecule has 4 heteroatoms. The summed E-state index contributed by atoms with van der Waals surface area (Å²) in [5.74, 6) is 0. The summed E-state index contributed by atoms with van der Waals surface area (Å²) in [5, 5.41) is 1.01. The number of aromatic nitrogens is 2. The van der Waals surface area contributed by atoms with Crippen LogP contribution in [0.3, 0.4) is 0 Å². The molecule has 2 rings (SSSR count). The van der Waals surface area contributed by atoms with E-state index < -0.39 is 0 Å². The zero-order chi connectivity index (χ0) is 10.7. The fraction of sp³-hybridized carbons (Fsp3) is 0.0909. The predicted octanol–water partition coefficient (Wildman–Crippen LogP) is 3.54. The van der Waals surface area contributed by atoms with Gasteiger partial charge in [0.1, 0.15) is 11.4 Å². The van der Waals surface area contributed by atoms with Crippen molar-refractivity contribution in [2.45, 2.75) is 16.8 Å². The number of hydrogen-bond donors (Lipinski definition) is 0. The third-order valence-corrected chi connectivity index (χ3v) is 4.00. The molecule has 0 atom stereocenters. The van der Waals surface area contributed by atoms with E-state index in [0.29, 0.717) is 0 Å². The van der Waals surface area contributed by atoms with Crippen molar-refractivity contribution in [2.75, 3.05) is 0 Å². The zero-order valence-electron chi connectivity index (χ0n) is 8.14. The number of rotatable bonds is 2. The summed E-state index contributed by atoms with van der Waals surface area (Å²) >= 11 is 3.92. The third kappa shape index (κ3) is 2.92. The molecule has 0 aliphatic heterocycles. The van der Waals surface area contributed by atoms with Crippen molar-refractivity contribution in [3.8, 4) is 0 Å². The molecule has 1 heterocycles. The lowest BCUT2D eigenvalue weighted by atomic mass is 10.2. The van der Waals surface area contributed by atoms with Crippen molar-refractivity contribution in [1.82, 2.24) is 9.97 Å². The average molecular weight is 328 g/mol. The normalized spacial score (nSPS) is 10.3. The molecule has 0 unspecified atom stereocenters. The van der Waals surface area contributed by atoms with Crippen molar-refractivity contribution >= 4 is 34.4 Å². The minimum atomic E-state index is 1.01. The molecule has 0 aliphatic carbocycles. The highest BCUT2D eigenvalue weighted by atomic mass is 127. The van der Waals surface area contributed by atoms with Crippen LogP contribution in [-0.4, -0.2) is 9.97 Å². The average Bonchev–Trinajstić information content (AvgIpc) is 2.22. The first-order chi connectivity index (χ1) is 7.25. The quantitative estimate of drug-likeness (QED) is 0.623. The van der Waals surface area contributed by atoms with Crippen LogP contribution >= 0.6 is 34.4 Å². The van der Waals surface area contributed by atoms with Crippen LogP contribution in [0.1, 0.15) is 5.56 Å². The molecule has 0 fully saturated rings. The summed E-state index contributed by atoms with van der Waals surface area (Å²) in [6.45, 7) is 2.09. The molecule has 0 aliphatic rings. The summed E-state index contributed by atoms with van der Waals surface area (Å²) in [7, 11) is 0. The molecule has 2 aromatic rings. The van der Waals surface area contributed by atoms with Gasteiger partial charge in [-0.3, -0.25) is 0 Å². The lowest BCUT2D eigenvalue weighted by molar-refractivity contribution is 1.02. The highest BCUT2D eigenvalue weighted by molar-refractivity contribution is 14.1. The van der Waals surface area contributed by atoms with Crippen molar-refractivity contribution in [3.63, 3.8) is 0 Å². The fourth-order valence-electron chi connectivity index (χ4n) is 1.17. The van der Waals surface area contributed by atoms with Crippen molar-refractivity contribution < 1.29 is 0 Å². The van der Waals surface area contributed by atoms with Crippen LogP contribution in [0.2, 0.25) is 0 Å². The smallest absolute Gasteiger partial charge is 0.118 e. The Hall–Kier alpha value is -0.620. The summed E-state index contributed by atoms with van der Waals surface area (Å²) in [5.41, 5.74) is 1.27. The van der Waals surface area contributed by atoms with Gasteiger partial charge in [0, 0.05) is 11.1 Å². The summed E-state index contributed by atoms with van der Waals surface area (Å²) < 4.78 is 1.08. The maximum absolute atomic E-state index is 4.25. The van der Waals surface area contributed by atoms with E-state index in [4.69, 9.17) is 0 Å². The van der Waals surface area contributed by atoms with Gasteiger partial charge in [0.25, 0.3) is 0 Å². The third-order valence-electron chi connectivity index (χ3n) is 1.84. The second-order valence-corrected chi connectivity index (χ2v) is 5.32. The van der Waals surface area contributed by atoms with E-state index >= 15 is 0 Å². The topological polar surface area (TPSA) is 25.8 Å². The molecule has 76 valence electrons. The van der Waals surface area contributed by atoms with Gasteiger partial charge in [-0.1, -0.05) is 29.5 Å². The minimum Gasteiger partial charge on any atom is -0.244 e. The molecular weight excluding hydrogens is 319 g/mol. The Morgan fingerprint density at radius 3 is 2.93 bits per heavy atom. The molecule has 1 aromatic heterocycles. The number of halogens is 1. The summed E-state index contributed by atoms with van der Waals surface area (Å²) in [4.78, 5) is 9.43. The van der Waals surface area contributed by atoms with E-state index in [9.17, 15) is 0 Å². The lowest BCUT2D eigenvalue weighted by Crippen LogP contribution is -1.86. The summed E-state index contributed by atoms with van der Waals surface area (Å²) in [6, 6.07) is 8.40. The van der Waals surface area contributed by atoms with Crippen LogP contribution in [0.5, 0.6) is 0 Å². The highest BCUT2D eigenvalue weighted by Gasteiger charge is 2.03. The number of hydrogen-bond acceptors (Lipinski definition) is 3. The van der Waals surface area contributed by atoms with E-state index in [-0.39, 0.29) is 0 Å². The molecule has 0 N–H and O–H groups in total. The van der Waals surface area contributed by atoms with E-state index in [1.807, 2.05) is 6.20 Å². The van der Waals surface area contributed by atoms with Crippen LogP contribution in [0, 0.1) is 10.5 Å². The van der Waals surface area contributed by atoms with Crippen molar-refractivity contribution in [3.05, 3.63) is 45.9 Å². The monoisotopic (exact) mass is 328 g/mol. The predicted molar refractivity (Wildman–Crippen MR) is 70.1 cm³/mol. The first kappa shape index (κ1) is 10.9. The van der Waals surface area contributed by atoms with Crippen LogP contribution in [0.4, 0.5) is 0 Å². The van der Waals surface area contributed by atoms with Gasteiger partial charge < -0.3 is 0 Å². The standard InChI is InChI=1S/C11H9IN2S/c1-8-3-2-4-9(5-8)15-11-10(12)6-13-7-14-11/h2-7H,1H3. The van der Waals surface area contributed by atoms with Crippen LogP contribution < -0.4 is 0 Å². The maximum Gasteiger partial charge on any atom is 0.118 e. The largest absolute Gasteiger partial charge is 0.244 e. The van der Waals surface area contributed by atoms with Gasteiger partial charge in [-0.15, -0.1) is 0 Å². The highest BCUT2D eigenvalue weighted by Crippen LogP contribution is 2.29. The van der Waals surface area contributed by atoms with Gasteiger partial charge in [-0.2, -0.15) is 0 Å². The molecule has 0 radical (unpaired) electrons. The van der Waals surface area contributed by atoms with Gasteiger partial charge in [-0.05, 0) is 41.6 Å². The molecule has 0 amide bonds. The van der Waals surface area contributed by atoms with Gasteiger partial charge in [0.15, 0.2) is 0 Å². The Morgan fingerprint density at radius 1 is 1.33 bits per heavy atom. The molecule has 0 spiro atoms. The zero-order valence-corrected chi connectivity index (χ0v) is 11.1. The lowest BCUT2D eigenvalue weighted by Gasteiger charge is -2.02. The van der Waals surface area contributed by atoms with Gasteiger partial charge in [0.05, 0.1) is 3.57 Å². The SMILES string of the molecule is Cc1cccc(Sc2ncncc2I)c1. The first-order valence-corrected chi connectivity index (χ1v) is 6.35. The molecule has 0 bridgehead atoms. The van der Waals surface area contributed by atoms with Crippen LogP contribution in [0.15, 0.2) is 46.7 Å². The Kier molecular flexibility index (Phi) is 3.58. The van der Waals surface area contributed by atoms with E-state index in [1.54, 1.807) is 18.1 Å². The molecule has 15 heavy (non-hydrogen) atoms. The second-order valence-electron chi connectivity index (χ2n) is 3.09. The number of benzene rings is 1. The van der Waals surface area contributed by atoms with E-state index in [2.05, 4.69) is 63.7 Å². The number of nitrogens with zero attached hydrogens (tertiary/aromatic N) is 2. The molecule has 1 aromatic carbocycles. The maximum atomic E-state index is 4.25. The van der Waals surface area contributed by atoms with Gasteiger partial charge in [-0.25, -0.2) is 9.97 Å².